The van der Waals surface area contributed by atoms with Crippen molar-refractivity contribution in [2.75, 3.05) is 6.54 Å². The summed E-state index contributed by atoms with van der Waals surface area (Å²) >= 11 is 0. The van der Waals surface area contributed by atoms with E-state index in [1.165, 1.54) is 0 Å². The zero-order valence-electron chi connectivity index (χ0n) is 14.1. The van der Waals surface area contributed by atoms with Crippen LogP contribution in [0.15, 0.2) is 36.4 Å². The van der Waals surface area contributed by atoms with E-state index >= 15 is 0 Å². The average molecular weight is 339 g/mol. The summed E-state index contributed by atoms with van der Waals surface area (Å²) in [5.74, 6) is -1.03. The molecule has 2 atom stereocenters. The van der Waals surface area contributed by atoms with Crippen molar-refractivity contribution in [2.45, 2.75) is 38.1 Å². The van der Waals surface area contributed by atoms with Crippen LogP contribution in [0.3, 0.4) is 0 Å². The summed E-state index contributed by atoms with van der Waals surface area (Å²) in [6.07, 6.45) is 2.72. The largest absolute Gasteiger partial charge is 0.481 e. The SMILES string of the molecule is CC1C(C(=O)O)CCN1C(=O)c1cc(C2CC2)nn1-c1ccccc1. The number of likely N-dealkylation sites (tertiary alicyclic amines) is 1. The van der Waals surface area contributed by atoms with Gasteiger partial charge in [0.2, 0.25) is 0 Å². The van der Waals surface area contributed by atoms with Crippen LogP contribution in [0.25, 0.3) is 5.69 Å². The molecule has 2 aliphatic rings. The third-order valence-corrected chi connectivity index (χ3v) is 5.28. The van der Waals surface area contributed by atoms with Gasteiger partial charge in [0.15, 0.2) is 0 Å². The van der Waals surface area contributed by atoms with Crippen molar-refractivity contribution in [2.24, 2.45) is 5.92 Å². The highest BCUT2D eigenvalue weighted by Crippen LogP contribution is 2.40. The molecule has 0 radical (unpaired) electrons. The number of rotatable bonds is 4. The number of para-hydroxylation sites is 1. The number of aliphatic carboxylic acids is 1. The zero-order chi connectivity index (χ0) is 17.6. The maximum absolute atomic E-state index is 13.1. The number of benzene rings is 1. The standard InChI is InChI=1S/C19H21N3O3/c1-12-15(19(24)25)9-10-21(12)18(23)17-11-16(13-7-8-13)20-22(17)14-5-3-2-4-6-14/h2-6,11-13,15H,7-10H2,1H3,(H,24,25). The van der Waals surface area contributed by atoms with Crippen molar-refractivity contribution in [3.63, 3.8) is 0 Å². The Labute approximate surface area is 146 Å². The summed E-state index contributed by atoms with van der Waals surface area (Å²) in [6.45, 7) is 2.28. The number of carboxylic acid groups (broad SMARTS) is 1. The van der Waals surface area contributed by atoms with Crippen LogP contribution >= 0.6 is 0 Å². The van der Waals surface area contributed by atoms with Gasteiger partial charge >= 0.3 is 5.97 Å². The molecule has 2 fully saturated rings. The van der Waals surface area contributed by atoms with Gasteiger partial charge in [-0.1, -0.05) is 18.2 Å². The van der Waals surface area contributed by atoms with Crippen LogP contribution in [0, 0.1) is 5.92 Å². The van der Waals surface area contributed by atoms with E-state index in [-0.39, 0.29) is 11.9 Å². The molecule has 130 valence electrons. The van der Waals surface area contributed by atoms with E-state index in [0.29, 0.717) is 24.6 Å². The average Bonchev–Trinajstić information content (AvgIpc) is 3.24. The Morgan fingerprint density at radius 3 is 2.48 bits per heavy atom. The van der Waals surface area contributed by atoms with Gasteiger partial charge < -0.3 is 10.0 Å². The first kappa shape index (κ1) is 15.9. The highest BCUT2D eigenvalue weighted by atomic mass is 16.4. The second-order valence-electron chi connectivity index (χ2n) is 6.95. The lowest BCUT2D eigenvalue weighted by atomic mass is 10.0. The Hall–Kier alpha value is -2.63. The van der Waals surface area contributed by atoms with Crippen LogP contribution in [-0.2, 0) is 4.79 Å². The van der Waals surface area contributed by atoms with Crippen LogP contribution < -0.4 is 0 Å². The highest BCUT2D eigenvalue weighted by molar-refractivity contribution is 5.94. The number of hydrogen-bond acceptors (Lipinski definition) is 3. The molecule has 2 aromatic rings. The van der Waals surface area contributed by atoms with Crippen LogP contribution in [0.2, 0.25) is 0 Å². The predicted molar refractivity (Wildman–Crippen MR) is 91.8 cm³/mol. The van der Waals surface area contributed by atoms with E-state index < -0.39 is 11.9 Å². The number of carboxylic acids is 1. The van der Waals surface area contributed by atoms with Gasteiger partial charge in [-0.05, 0) is 44.4 Å². The van der Waals surface area contributed by atoms with Gasteiger partial charge in [0, 0.05) is 18.5 Å². The summed E-state index contributed by atoms with van der Waals surface area (Å²) < 4.78 is 1.71. The third kappa shape index (κ3) is 2.81. The molecule has 1 amide bonds. The smallest absolute Gasteiger partial charge is 0.308 e. The molecule has 1 saturated heterocycles. The second kappa shape index (κ2) is 6.02. The number of carbonyl (C=O) groups is 2. The number of amides is 1. The number of aromatic nitrogens is 2. The minimum absolute atomic E-state index is 0.139. The molecule has 1 aliphatic heterocycles. The second-order valence-corrected chi connectivity index (χ2v) is 6.95. The lowest BCUT2D eigenvalue weighted by Crippen LogP contribution is -2.38. The van der Waals surface area contributed by atoms with Gasteiger partial charge in [-0.15, -0.1) is 0 Å². The van der Waals surface area contributed by atoms with Crippen LogP contribution in [0.5, 0.6) is 0 Å². The number of carbonyl (C=O) groups excluding carboxylic acids is 1. The Bertz CT molecular complexity index is 811. The van der Waals surface area contributed by atoms with Crippen molar-refractivity contribution in [1.29, 1.82) is 0 Å². The van der Waals surface area contributed by atoms with E-state index in [0.717, 1.165) is 24.2 Å². The predicted octanol–water partition coefficient (Wildman–Crippen LogP) is 2.68. The molecule has 2 heterocycles. The van der Waals surface area contributed by atoms with E-state index in [4.69, 9.17) is 0 Å². The molecule has 1 saturated carbocycles. The molecule has 0 spiro atoms. The molecular weight excluding hydrogens is 318 g/mol. The molecule has 1 aliphatic carbocycles. The Morgan fingerprint density at radius 1 is 1.16 bits per heavy atom. The van der Waals surface area contributed by atoms with E-state index in [1.54, 1.807) is 9.58 Å². The van der Waals surface area contributed by atoms with Gasteiger partial charge in [0.05, 0.1) is 17.3 Å². The Morgan fingerprint density at radius 2 is 1.88 bits per heavy atom. The third-order valence-electron chi connectivity index (χ3n) is 5.28. The number of hydrogen-bond donors (Lipinski definition) is 1. The fourth-order valence-corrected chi connectivity index (χ4v) is 3.60. The Kier molecular flexibility index (Phi) is 3.82. The van der Waals surface area contributed by atoms with Crippen molar-refractivity contribution in [1.82, 2.24) is 14.7 Å². The summed E-state index contributed by atoms with van der Waals surface area (Å²) in [6, 6.07) is 11.2. The normalized spacial score (nSPS) is 23.0. The van der Waals surface area contributed by atoms with Crippen LogP contribution in [0.1, 0.15) is 48.3 Å². The van der Waals surface area contributed by atoms with Crippen molar-refractivity contribution >= 4 is 11.9 Å². The summed E-state index contributed by atoms with van der Waals surface area (Å²) in [5, 5.41) is 14.0. The molecule has 1 aromatic heterocycles. The molecule has 6 nitrogen and oxygen atoms in total. The van der Waals surface area contributed by atoms with Crippen LogP contribution in [0.4, 0.5) is 0 Å². The minimum Gasteiger partial charge on any atom is -0.481 e. The summed E-state index contributed by atoms with van der Waals surface area (Å²) in [4.78, 5) is 26.2. The fraction of sp³-hybridized carbons (Fsp3) is 0.421. The molecule has 25 heavy (non-hydrogen) atoms. The molecular formula is C19H21N3O3. The zero-order valence-corrected chi connectivity index (χ0v) is 14.1. The van der Waals surface area contributed by atoms with Crippen molar-refractivity contribution < 1.29 is 14.7 Å². The summed E-state index contributed by atoms with van der Waals surface area (Å²) in [5.41, 5.74) is 2.32. The van der Waals surface area contributed by atoms with E-state index in [2.05, 4.69) is 5.10 Å². The highest BCUT2D eigenvalue weighted by Gasteiger charge is 2.40. The molecule has 6 heteroatoms. The monoisotopic (exact) mass is 339 g/mol. The molecule has 1 N–H and O–H groups in total. The lowest BCUT2D eigenvalue weighted by Gasteiger charge is -2.23. The molecule has 2 unspecified atom stereocenters. The maximum atomic E-state index is 13.1. The minimum atomic E-state index is -0.835. The first-order valence-corrected chi connectivity index (χ1v) is 8.75. The molecule has 4 rings (SSSR count). The van der Waals surface area contributed by atoms with Gasteiger partial charge in [-0.2, -0.15) is 5.10 Å². The first-order chi connectivity index (χ1) is 12.1. The van der Waals surface area contributed by atoms with Crippen LogP contribution in [-0.4, -0.2) is 44.3 Å². The lowest BCUT2D eigenvalue weighted by molar-refractivity contribution is -0.142. The Balaban J connectivity index is 1.69. The van der Waals surface area contributed by atoms with Gasteiger partial charge in [0.25, 0.3) is 5.91 Å². The maximum Gasteiger partial charge on any atom is 0.308 e. The first-order valence-electron chi connectivity index (χ1n) is 8.75. The van der Waals surface area contributed by atoms with Gasteiger partial charge in [0.1, 0.15) is 5.69 Å². The van der Waals surface area contributed by atoms with Crippen molar-refractivity contribution in [3.05, 3.63) is 47.8 Å². The number of nitrogens with zero attached hydrogens (tertiary/aromatic N) is 3. The molecule has 0 bridgehead atoms. The topological polar surface area (TPSA) is 75.4 Å². The van der Waals surface area contributed by atoms with Gasteiger partial charge in [-0.25, -0.2) is 4.68 Å². The van der Waals surface area contributed by atoms with E-state index in [9.17, 15) is 14.7 Å². The molecule has 1 aromatic carbocycles. The quantitative estimate of drug-likeness (QED) is 0.929. The summed E-state index contributed by atoms with van der Waals surface area (Å²) in [7, 11) is 0. The van der Waals surface area contributed by atoms with E-state index in [1.807, 2.05) is 43.3 Å². The van der Waals surface area contributed by atoms with Crippen molar-refractivity contribution in [3.8, 4) is 5.69 Å². The fourth-order valence-electron chi connectivity index (χ4n) is 3.60. The van der Waals surface area contributed by atoms with Gasteiger partial charge in [-0.3, -0.25) is 9.59 Å².